The molecule has 0 aromatic carbocycles. The van der Waals surface area contributed by atoms with Crippen LogP contribution in [-0.4, -0.2) is 22.3 Å². The third kappa shape index (κ3) is 0.998. The average Bonchev–Trinajstić information content (AvgIpc) is 2.28. The number of hydrogen-bond donors (Lipinski definition) is 1. The van der Waals surface area contributed by atoms with E-state index in [0.29, 0.717) is 25.7 Å². The van der Waals surface area contributed by atoms with Gasteiger partial charge in [-0.05, 0) is 19.8 Å². The van der Waals surface area contributed by atoms with Gasteiger partial charge in [0.1, 0.15) is 11.6 Å². The molecule has 2 rings (SSSR count). The van der Waals surface area contributed by atoms with E-state index in [0.717, 1.165) is 0 Å². The standard InChI is InChI=1S/C10H14O3/c1-9-4-2-7(11)6-10(9,13)5-3-8(9)12/h13H,2-6H2,1H3/t9?,10-/m0/s1. The topological polar surface area (TPSA) is 54.4 Å². The molecular weight excluding hydrogens is 168 g/mol. The minimum absolute atomic E-state index is 0.0923. The Kier molecular flexibility index (Phi) is 1.65. The minimum atomic E-state index is -1.03. The number of aliphatic hydroxyl groups is 1. The van der Waals surface area contributed by atoms with Crippen LogP contribution in [0.3, 0.4) is 0 Å². The third-order valence-electron chi connectivity index (χ3n) is 3.80. The van der Waals surface area contributed by atoms with Crippen molar-refractivity contribution in [3.63, 3.8) is 0 Å². The fourth-order valence-electron chi connectivity index (χ4n) is 2.59. The molecule has 0 radical (unpaired) electrons. The highest BCUT2D eigenvalue weighted by molar-refractivity contribution is 5.93. The summed E-state index contributed by atoms with van der Waals surface area (Å²) in [5.74, 6) is 0.220. The number of carbonyl (C=O) groups is 2. The molecule has 72 valence electrons. The van der Waals surface area contributed by atoms with E-state index < -0.39 is 11.0 Å². The first-order valence-electron chi connectivity index (χ1n) is 4.75. The molecule has 0 bridgehead atoms. The van der Waals surface area contributed by atoms with Crippen LogP contribution >= 0.6 is 0 Å². The Morgan fingerprint density at radius 3 is 2.62 bits per heavy atom. The first-order valence-corrected chi connectivity index (χ1v) is 4.75. The molecule has 2 saturated carbocycles. The van der Waals surface area contributed by atoms with Gasteiger partial charge in [-0.3, -0.25) is 9.59 Å². The van der Waals surface area contributed by atoms with Crippen LogP contribution in [0.25, 0.3) is 0 Å². The van der Waals surface area contributed by atoms with Gasteiger partial charge in [0.15, 0.2) is 0 Å². The zero-order valence-corrected chi connectivity index (χ0v) is 7.80. The van der Waals surface area contributed by atoms with Gasteiger partial charge in [0.25, 0.3) is 0 Å². The van der Waals surface area contributed by atoms with Gasteiger partial charge in [-0.1, -0.05) is 0 Å². The van der Waals surface area contributed by atoms with E-state index in [4.69, 9.17) is 0 Å². The van der Waals surface area contributed by atoms with Crippen LogP contribution in [0.1, 0.15) is 39.0 Å². The first kappa shape index (κ1) is 8.88. The molecule has 0 saturated heterocycles. The molecule has 0 aromatic rings. The van der Waals surface area contributed by atoms with Crippen molar-refractivity contribution in [1.29, 1.82) is 0 Å². The monoisotopic (exact) mass is 182 g/mol. The van der Waals surface area contributed by atoms with Crippen molar-refractivity contribution in [3.8, 4) is 0 Å². The van der Waals surface area contributed by atoms with Gasteiger partial charge in [-0.15, -0.1) is 0 Å². The van der Waals surface area contributed by atoms with Crippen molar-refractivity contribution >= 4 is 11.6 Å². The van der Waals surface area contributed by atoms with Crippen LogP contribution in [0.4, 0.5) is 0 Å². The van der Waals surface area contributed by atoms with Gasteiger partial charge in [-0.25, -0.2) is 0 Å². The van der Waals surface area contributed by atoms with Gasteiger partial charge < -0.3 is 5.11 Å². The lowest BCUT2D eigenvalue weighted by molar-refractivity contribution is -0.148. The maximum Gasteiger partial charge on any atom is 0.141 e. The summed E-state index contributed by atoms with van der Waals surface area (Å²) in [5, 5.41) is 10.2. The van der Waals surface area contributed by atoms with Crippen molar-refractivity contribution in [2.75, 3.05) is 0 Å². The maximum absolute atomic E-state index is 11.6. The second kappa shape index (κ2) is 2.41. The third-order valence-corrected chi connectivity index (χ3v) is 3.80. The Morgan fingerprint density at radius 1 is 1.23 bits per heavy atom. The smallest absolute Gasteiger partial charge is 0.141 e. The maximum atomic E-state index is 11.6. The van der Waals surface area contributed by atoms with E-state index in [1.807, 2.05) is 0 Å². The van der Waals surface area contributed by atoms with Crippen molar-refractivity contribution in [1.82, 2.24) is 0 Å². The highest BCUT2D eigenvalue weighted by atomic mass is 16.3. The number of Topliss-reactive ketones (excluding diaryl/α,β-unsaturated/α-hetero) is 2. The van der Waals surface area contributed by atoms with Crippen molar-refractivity contribution in [2.45, 2.75) is 44.6 Å². The van der Waals surface area contributed by atoms with Crippen LogP contribution in [0.15, 0.2) is 0 Å². The molecule has 1 unspecified atom stereocenters. The predicted octanol–water partition coefficient (Wildman–Crippen LogP) is 0.840. The van der Waals surface area contributed by atoms with Gasteiger partial charge in [0.05, 0.1) is 11.0 Å². The van der Waals surface area contributed by atoms with Crippen LogP contribution in [0.5, 0.6) is 0 Å². The summed E-state index contributed by atoms with van der Waals surface area (Å²) < 4.78 is 0. The number of ketones is 2. The van der Waals surface area contributed by atoms with E-state index >= 15 is 0 Å². The summed E-state index contributed by atoms with van der Waals surface area (Å²) in [5.41, 5.74) is -1.67. The molecule has 0 amide bonds. The van der Waals surface area contributed by atoms with Gasteiger partial charge in [-0.2, -0.15) is 0 Å². The summed E-state index contributed by atoms with van der Waals surface area (Å²) in [4.78, 5) is 22.8. The molecule has 3 nitrogen and oxygen atoms in total. The zero-order valence-electron chi connectivity index (χ0n) is 7.80. The number of hydrogen-bond acceptors (Lipinski definition) is 3. The number of fused-ring (bicyclic) bond motifs is 1. The largest absolute Gasteiger partial charge is 0.388 e. The molecule has 2 aliphatic carbocycles. The predicted molar refractivity (Wildman–Crippen MR) is 46.2 cm³/mol. The van der Waals surface area contributed by atoms with E-state index in [1.165, 1.54) is 0 Å². The van der Waals surface area contributed by atoms with E-state index in [1.54, 1.807) is 6.92 Å². The summed E-state index contributed by atoms with van der Waals surface area (Å²) in [7, 11) is 0. The Hall–Kier alpha value is -0.700. The summed E-state index contributed by atoms with van der Waals surface area (Å²) in [6.45, 7) is 1.80. The Morgan fingerprint density at radius 2 is 1.92 bits per heavy atom. The molecule has 2 atom stereocenters. The number of carbonyl (C=O) groups excluding carboxylic acids is 2. The van der Waals surface area contributed by atoms with E-state index in [2.05, 4.69) is 0 Å². The fraction of sp³-hybridized carbons (Fsp3) is 0.800. The Balaban J connectivity index is 2.37. The lowest BCUT2D eigenvalue weighted by atomic mass is 9.65. The van der Waals surface area contributed by atoms with Crippen LogP contribution < -0.4 is 0 Å². The first-order chi connectivity index (χ1) is 5.98. The molecule has 0 aliphatic heterocycles. The SMILES string of the molecule is CC12CCC(=O)C[C@@]1(O)CCC2=O. The average molecular weight is 182 g/mol. The minimum Gasteiger partial charge on any atom is -0.388 e. The lowest BCUT2D eigenvalue weighted by Gasteiger charge is -2.41. The zero-order chi connectivity index (χ0) is 9.69. The molecular formula is C10H14O3. The molecule has 0 aromatic heterocycles. The van der Waals surface area contributed by atoms with Crippen LogP contribution in [0.2, 0.25) is 0 Å². The second-order valence-electron chi connectivity index (χ2n) is 4.50. The van der Waals surface area contributed by atoms with Crippen molar-refractivity contribution < 1.29 is 14.7 Å². The Labute approximate surface area is 77.1 Å². The molecule has 3 heteroatoms. The fourth-order valence-corrected chi connectivity index (χ4v) is 2.59. The van der Waals surface area contributed by atoms with Gasteiger partial charge >= 0.3 is 0 Å². The summed E-state index contributed by atoms with van der Waals surface area (Å²) in [6.07, 6.45) is 2.05. The van der Waals surface area contributed by atoms with E-state index in [9.17, 15) is 14.7 Å². The molecule has 13 heavy (non-hydrogen) atoms. The quantitative estimate of drug-likeness (QED) is 0.604. The van der Waals surface area contributed by atoms with Gasteiger partial charge in [0, 0.05) is 19.3 Å². The van der Waals surface area contributed by atoms with Crippen molar-refractivity contribution in [3.05, 3.63) is 0 Å². The molecule has 0 spiro atoms. The molecule has 0 heterocycles. The lowest BCUT2D eigenvalue weighted by Crippen LogP contribution is -2.50. The summed E-state index contributed by atoms with van der Waals surface area (Å²) >= 11 is 0. The molecule has 2 fully saturated rings. The highest BCUT2D eigenvalue weighted by Gasteiger charge is 2.58. The van der Waals surface area contributed by atoms with E-state index in [-0.39, 0.29) is 18.0 Å². The van der Waals surface area contributed by atoms with Crippen LogP contribution in [-0.2, 0) is 9.59 Å². The van der Waals surface area contributed by atoms with Gasteiger partial charge in [0.2, 0.25) is 0 Å². The van der Waals surface area contributed by atoms with Crippen molar-refractivity contribution in [2.24, 2.45) is 5.41 Å². The molecule has 2 aliphatic rings. The highest BCUT2D eigenvalue weighted by Crippen LogP contribution is 2.51. The number of rotatable bonds is 0. The normalized spacial score (nSPS) is 45.1. The summed E-state index contributed by atoms with van der Waals surface area (Å²) in [6, 6.07) is 0. The van der Waals surface area contributed by atoms with Crippen LogP contribution in [0, 0.1) is 5.41 Å². The second-order valence-corrected chi connectivity index (χ2v) is 4.50. The molecule has 1 N–H and O–H groups in total. The Bertz CT molecular complexity index is 284.